The lowest BCUT2D eigenvalue weighted by Crippen LogP contribution is -2.66. The van der Waals surface area contributed by atoms with Crippen molar-refractivity contribution in [1.29, 1.82) is 0 Å². The van der Waals surface area contributed by atoms with E-state index in [0.717, 1.165) is 68.8 Å². The number of nitrogens with one attached hydrogen (secondary N) is 1. The molecule has 1 aromatic rings. The number of benzene rings is 1. The van der Waals surface area contributed by atoms with Gasteiger partial charge in [-0.15, -0.1) is 0 Å². The average molecular weight is 728 g/mol. The van der Waals surface area contributed by atoms with E-state index in [-0.39, 0.29) is 69.4 Å². The van der Waals surface area contributed by atoms with Crippen LogP contribution in [0.3, 0.4) is 0 Å². The van der Waals surface area contributed by atoms with Crippen LogP contribution in [-0.4, -0.2) is 30.0 Å². The minimum absolute atomic E-state index is 0.0468. The Morgan fingerprint density at radius 1 is 0.887 bits per heavy atom. The van der Waals surface area contributed by atoms with Crippen molar-refractivity contribution in [2.75, 3.05) is 0 Å². The summed E-state index contributed by atoms with van der Waals surface area (Å²) in [6.45, 7) is 24.7. The molecular formula is C47H69NO5. The van der Waals surface area contributed by atoms with Crippen molar-refractivity contribution < 1.29 is 23.9 Å². The quantitative estimate of drug-likeness (QED) is 0.191. The predicted octanol–water partition coefficient (Wildman–Crippen LogP) is 10.4. The molecule has 1 aromatic carbocycles. The van der Waals surface area contributed by atoms with Gasteiger partial charge in [-0.05, 0) is 115 Å². The zero-order valence-corrected chi connectivity index (χ0v) is 34.8. The number of allylic oxidation sites excluding steroid dienone is 2. The van der Waals surface area contributed by atoms with Gasteiger partial charge < -0.3 is 14.8 Å². The number of esters is 1. The smallest absolute Gasteiger partial charge is 0.307 e. The first-order valence-electron chi connectivity index (χ1n) is 20.9. The molecule has 0 heterocycles. The number of rotatable bonds is 10. The van der Waals surface area contributed by atoms with E-state index in [1.807, 2.05) is 18.2 Å². The van der Waals surface area contributed by atoms with Gasteiger partial charge in [-0.1, -0.05) is 105 Å². The Bertz CT molecular complexity index is 1640. The standard InChI is InChI=1S/C47H69NO5/c1-29(2)40-34(50)26-47(30(3)25-38(51)48-31(4)32-15-13-12-14-16-32)24-23-45(10)33(41(40)47)17-18-36-44(9)21-20-37(53-39(52)27-42(5,6)28-49)43(7,8)35(44)19-22-46(36,45)11/h12-16,28-31,33,35-37H,17-27H2,1-11H3,(H,48,51)/t30?,31-,33+,35?,36+,37-,44-,45+,46+,47-/m0/s1. The van der Waals surface area contributed by atoms with E-state index in [1.165, 1.54) is 5.57 Å². The van der Waals surface area contributed by atoms with Crippen molar-refractivity contribution in [3.8, 4) is 0 Å². The molecule has 5 aliphatic rings. The fourth-order valence-electron chi connectivity index (χ4n) is 13.7. The molecule has 0 bridgehead atoms. The van der Waals surface area contributed by atoms with Gasteiger partial charge in [-0.3, -0.25) is 14.4 Å². The number of aldehydes is 1. The molecule has 0 aliphatic heterocycles. The molecule has 53 heavy (non-hydrogen) atoms. The van der Waals surface area contributed by atoms with E-state index >= 15 is 0 Å². The third-order valence-corrected chi connectivity index (χ3v) is 16.7. The number of ketones is 1. The highest BCUT2D eigenvalue weighted by Gasteiger charge is 2.70. The summed E-state index contributed by atoms with van der Waals surface area (Å²) in [7, 11) is 0. The lowest BCUT2D eigenvalue weighted by atomic mass is 9.32. The molecule has 292 valence electrons. The molecule has 0 spiro atoms. The van der Waals surface area contributed by atoms with Crippen molar-refractivity contribution >= 4 is 23.9 Å². The van der Waals surface area contributed by atoms with Gasteiger partial charge >= 0.3 is 5.97 Å². The first kappa shape index (κ1) is 39.9. The van der Waals surface area contributed by atoms with Crippen LogP contribution in [-0.2, 0) is 23.9 Å². The maximum absolute atomic E-state index is 14.2. The third-order valence-electron chi connectivity index (χ3n) is 16.7. The van der Waals surface area contributed by atoms with Crippen LogP contribution < -0.4 is 5.32 Å². The fourth-order valence-corrected chi connectivity index (χ4v) is 13.7. The Kier molecular flexibility index (Phi) is 10.4. The monoisotopic (exact) mass is 728 g/mol. The van der Waals surface area contributed by atoms with E-state index in [9.17, 15) is 19.2 Å². The minimum atomic E-state index is -0.720. The highest BCUT2D eigenvalue weighted by atomic mass is 16.5. The van der Waals surface area contributed by atoms with Crippen LogP contribution in [0.15, 0.2) is 41.5 Å². The SMILES string of the molecule is CC(C)C1=C2[C@H]3CC[C@@H]4[C@@]5(C)CC[C@H](OC(=O)CC(C)(C)C=O)C(C)(C)C5CC[C@@]4(C)[C@]3(C)CC[C@@]2(C(C)CC(=O)N[C@@H](C)c2ccccc2)CC1=O. The Morgan fingerprint density at radius 3 is 2.21 bits per heavy atom. The summed E-state index contributed by atoms with van der Waals surface area (Å²) >= 11 is 0. The second-order valence-electron chi connectivity index (χ2n) is 20.8. The molecule has 4 fully saturated rings. The molecule has 5 aliphatic carbocycles. The minimum Gasteiger partial charge on any atom is -0.462 e. The van der Waals surface area contributed by atoms with Crippen molar-refractivity contribution in [3.63, 3.8) is 0 Å². The second kappa shape index (κ2) is 13.8. The van der Waals surface area contributed by atoms with Gasteiger partial charge in [0.15, 0.2) is 5.78 Å². The summed E-state index contributed by atoms with van der Waals surface area (Å²) in [6, 6.07) is 10.1. The van der Waals surface area contributed by atoms with Crippen LogP contribution in [0, 0.1) is 62.1 Å². The van der Waals surface area contributed by atoms with E-state index < -0.39 is 5.41 Å². The summed E-state index contributed by atoms with van der Waals surface area (Å²) in [5.41, 5.74) is 2.73. The van der Waals surface area contributed by atoms with Gasteiger partial charge in [0, 0.05) is 29.1 Å². The van der Waals surface area contributed by atoms with Gasteiger partial charge in [0.2, 0.25) is 5.91 Å². The molecule has 6 nitrogen and oxygen atoms in total. The molecule has 1 N–H and O–H groups in total. The second-order valence-corrected chi connectivity index (χ2v) is 20.8. The van der Waals surface area contributed by atoms with Crippen LogP contribution in [0.2, 0.25) is 0 Å². The van der Waals surface area contributed by atoms with Crippen LogP contribution in [0.1, 0.15) is 158 Å². The highest BCUT2D eigenvalue weighted by Crippen LogP contribution is 2.77. The predicted molar refractivity (Wildman–Crippen MR) is 211 cm³/mol. The maximum Gasteiger partial charge on any atom is 0.307 e. The first-order chi connectivity index (χ1) is 24.7. The zero-order chi connectivity index (χ0) is 38.9. The molecular weight excluding hydrogens is 659 g/mol. The van der Waals surface area contributed by atoms with Crippen LogP contribution >= 0.6 is 0 Å². The average Bonchev–Trinajstić information content (AvgIpc) is 3.40. The molecule has 10 atom stereocenters. The van der Waals surface area contributed by atoms with Gasteiger partial charge in [0.1, 0.15) is 12.4 Å². The fraction of sp³-hybridized carbons (Fsp3) is 0.745. The van der Waals surface area contributed by atoms with Crippen molar-refractivity contribution in [2.24, 2.45) is 62.1 Å². The Balaban J connectivity index is 1.27. The number of carbonyl (C=O) groups excluding carboxylic acids is 4. The topological polar surface area (TPSA) is 89.5 Å². The normalized spacial score (nSPS) is 37.5. The lowest BCUT2D eigenvalue weighted by molar-refractivity contribution is -0.234. The zero-order valence-electron chi connectivity index (χ0n) is 34.8. The van der Waals surface area contributed by atoms with Gasteiger partial charge in [-0.25, -0.2) is 0 Å². The molecule has 2 unspecified atom stereocenters. The molecule has 6 rings (SSSR count). The Hall–Kier alpha value is -2.76. The first-order valence-corrected chi connectivity index (χ1v) is 20.9. The van der Waals surface area contributed by atoms with E-state index in [1.54, 1.807) is 13.8 Å². The number of hydrogen-bond donors (Lipinski definition) is 1. The number of ether oxygens (including phenoxy) is 1. The summed E-state index contributed by atoms with van der Waals surface area (Å²) in [4.78, 5) is 52.5. The third kappa shape index (κ3) is 6.38. The van der Waals surface area contributed by atoms with E-state index in [2.05, 4.69) is 79.8 Å². The van der Waals surface area contributed by atoms with Crippen molar-refractivity contribution in [2.45, 2.75) is 159 Å². The molecule has 0 saturated heterocycles. The van der Waals surface area contributed by atoms with Crippen LogP contribution in [0.25, 0.3) is 0 Å². The number of carbonyl (C=O) groups is 4. The number of fused-ring (bicyclic) bond motifs is 7. The summed E-state index contributed by atoms with van der Waals surface area (Å²) in [5, 5.41) is 3.28. The largest absolute Gasteiger partial charge is 0.462 e. The van der Waals surface area contributed by atoms with E-state index in [0.29, 0.717) is 36.4 Å². The van der Waals surface area contributed by atoms with Gasteiger partial charge in [-0.2, -0.15) is 0 Å². The summed E-state index contributed by atoms with van der Waals surface area (Å²) < 4.78 is 6.24. The van der Waals surface area contributed by atoms with Gasteiger partial charge in [0.25, 0.3) is 0 Å². The number of hydrogen-bond acceptors (Lipinski definition) is 5. The Labute approximate surface area is 320 Å². The van der Waals surface area contributed by atoms with Gasteiger partial charge in [0.05, 0.1) is 12.5 Å². The Morgan fingerprint density at radius 2 is 1.57 bits per heavy atom. The van der Waals surface area contributed by atoms with Crippen LogP contribution in [0.5, 0.6) is 0 Å². The number of Topliss-reactive ketones (excluding diaryl/α,β-unsaturated/α-hetero) is 1. The molecule has 1 amide bonds. The molecule has 0 radical (unpaired) electrons. The molecule has 0 aromatic heterocycles. The summed E-state index contributed by atoms with van der Waals surface area (Å²) in [6.07, 6.45) is 10.2. The van der Waals surface area contributed by atoms with E-state index in [4.69, 9.17) is 4.74 Å². The molecule has 4 saturated carbocycles. The lowest BCUT2D eigenvalue weighted by Gasteiger charge is -2.72. The van der Waals surface area contributed by atoms with Crippen LogP contribution in [0.4, 0.5) is 0 Å². The van der Waals surface area contributed by atoms with Crippen molar-refractivity contribution in [3.05, 3.63) is 47.0 Å². The maximum atomic E-state index is 14.2. The van der Waals surface area contributed by atoms with Crippen molar-refractivity contribution in [1.82, 2.24) is 5.32 Å². The number of amides is 1. The summed E-state index contributed by atoms with van der Waals surface area (Å²) in [5.74, 6) is 1.66. The highest BCUT2D eigenvalue weighted by molar-refractivity contribution is 6.00. The molecule has 6 heteroatoms.